The van der Waals surface area contributed by atoms with Crippen LogP contribution in [0, 0.1) is 0 Å². The average Bonchev–Trinajstić information content (AvgIpc) is 2.54. The Bertz CT molecular complexity index is 819. The molecule has 4 nitrogen and oxygen atoms in total. The van der Waals surface area contributed by atoms with E-state index in [2.05, 4.69) is 5.32 Å². The van der Waals surface area contributed by atoms with Crippen molar-refractivity contribution in [3.8, 4) is 11.5 Å². The van der Waals surface area contributed by atoms with E-state index < -0.39 is 22.7 Å². The van der Waals surface area contributed by atoms with E-state index >= 15 is 0 Å². The van der Waals surface area contributed by atoms with Gasteiger partial charge < -0.3 is 15.5 Å². The fourth-order valence-electron chi connectivity index (χ4n) is 1.96. The summed E-state index contributed by atoms with van der Waals surface area (Å²) in [7, 11) is 0. The van der Waals surface area contributed by atoms with Gasteiger partial charge in [0.2, 0.25) is 5.91 Å². The molecular formula is C17H13ClF3NO3. The molecule has 0 spiro atoms. The fourth-order valence-corrected chi connectivity index (χ4v) is 2.19. The van der Waals surface area contributed by atoms with E-state index in [1.807, 2.05) is 0 Å². The zero-order valence-corrected chi connectivity index (χ0v) is 13.4. The number of rotatable bonds is 4. The molecule has 0 aliphatic rings. The summed E-state index contributed by atoms with van der Waals surface area (Å²) in [4.78, 5) is 11.7. The highest BCUT2D eigenvalue weighted by Crippen LogP contribution is 2.35. The van der Waals surface area contributed by atoms with Crippen molar-refractivity contribution in [1.29, 1.82) is 0 Å². The molecule has 2 aromatic rings. The van der Waals surface area contributed by atoms with E-state index in [0.717, 1.165) is 18.2 Å². The lowest BCUT2D eigenvalue weighted by atomic mass is 10.1. The van der Waals surface area contributed by atoms with Gasteiger partial charge in [0.05, 0.1) is 10.6 Å². The van der Waals surface area contributed by atoms with Gasteiger partial charge in [-0.1, -0.05) is 23.7 Å². The van der Waals surface area contributed by atoms with Crippen molar-refractivity contribution in [3.05, 3.63) is 64.2 Å². The Morgan fingerprint density at radius 3 is 2.48 bits per heavy atom. The first-order chi connectivity index (χ1) is 11.7. The molecule has 0 bridgehead atoms. The molecule has 1 amide bonds. The summed E-state index contributed by atoms with van der Waals surface area (Å²) in [5.41, 5.74) is -0.243. The molecule has 0 atom stereocenters. The molecule has 132 valence electrons. The van der Waals surface area contributed by atoms with Crippen LogP contribution in [0.1, 0.15) is 16.7 Å². The third-order valence-corrected chi connectivity index (χ3v) is 3.56. The van der Waals surface area contributed by atoms with Crippen LogP contribution in [0.4, 0.5) is 13.2 Å². The zero-order chi connectivity index (χ0) is 18.6. The zero-order valence-electron chi connectivity index (χ0n) is 12.6. The van der Waals surface area contributed by atoms with Crippen LogP contribution in [0.15, 0.2) is 42.5 Å². The number of nitrogens with one attached hydrogen (secondary N) is 1. The Labute approximate surface area is 146 Å². The number of hydrogen-bond donors (Lipinski definition) is 3. The molecule has 0 aromatic heterocycles. The third kappa shape index (κ3) is 5.15. The summed E-state index contributed by atoms with van der Waals surface area (Å²) >= 11 is 5.53. The molecule has 0 aliphatic heterocycles. The van der Waals surface area contributed by atoms with Gasteiger partial charge in [-0.15, -0.1) is 0 Å². The van der Waals surface area contributed by atoms with Gasteiger partial charge in [-0.25, -0.2) is 0 Å². The van der Waals surface area contributed by atoms with E-state index in [1.54, 1.807) is 0 Å². The molecule has 8 heteroatoms. The van der Waals surface area contributed by atoms with Crippen LogP contribution in [-0.2, 0) is 17.5 Å². The number of phenols is 2. The minimum Gasteiger partial charge on any atom is -0.504 e. The first-order valence-corrected chi connectivity index (χ1v) is 7.38. The van der Waals surface area contributed by atoms with Crippen molar-refractivity contribution in [2.45, 2.75) is 12.7 Å². The van der Waals surface area contributed by atoms with Gasteiger partial charge in [0, 0.05) is 12.6 Å². The minimum absolute atomic E-state index is 0.107. The summed E-state index contributed by atoms with van der Waals surface area (Å²) in [6, 6.07) is 7.39. The van der Waals surface area contributed by atoms with Crippen molar-refractivity contribution in [1.82, 2.24) is 5.32 Å². The van der Waals surface area contributed by atoms with Crippen LogP contribution in [0.3, 0.4) is 0 Å². The molecule has 0 aliphatic carbocycles. The van der Waals surface area contributed by atoms with Crippen molar-refractivity contribution in [2.24, 2.45) is 0 Å². The Balaban J connectivity index is 2.00. The molecule has 0 radical (unpaired) electrons. The summed E-state index contributed by atoms with van der Waals surface area (Å²) in [5, 5.41) is 20.6. The van der Waals surface area contributed by atoms with Crippen LogP contribution < -0.4 is 5.32 Å². The molecule has 0 saturated carbocycles. The van der Waals surface area contributed by atoms with Crippen molar-refractivity contribution in [3.63, 3.8) is 0 Å². The summed E-state index contributed by atoms with van der Waals surface area (Å²) in [6.07, 6.45) is -2.03. The molecule has 3 N–H and O–H groups in total. The van der Waals surface area contributed by atoms with Gasteiger partial charge in [-0.2, -0.15) is 13.2 Å². The maximum Gasteiger partial charge on any atom is 0.417 e. The second-order valence-electron chi connectivity index (χ2n) is 5.11. The second-order valence-corrected chi connectivity index (χ2v) is 5.52. The number of halogens is 4. The monoisotopic (exact) mass is 371 g/mol. The number of carbonyl (C=O) groups excluding carboxylic acids is 1. The molecular weight excluding hydrogens is 359 g/mol. The normalized spacial score (nSPS) is 11.7. The topological polar surface area (TPSA) is 69.6 Å². The number of carbonyl (C=O) groups is 1. The van der Waals surface area contributed by atoms with Gasteiger partial charge in [-0.05, 0) is 41.5 Å². The van der Waals surface area contributed by atoms with Gasteiger partial charge in [0.1, 0.15) is 0 Å². The minimum atomic E-state index is -4.57. The van der Waals surface area contributed by atoms with Crippen LogP contribution in [0.25, 0.3) is 6.08 Å². The lowest BCUT2D eigenvalue weighted by Gasteiger charge is -2.11. The number of phenolic OH excluding ortho intramolecular Hbond substituents is 2. The van der Waals surface area contributed by atoms with Gasteiger partial charge in [-0.3, -0.25) is 4.79 Å². The Morgan fingerprint density at radius 1 is 1.12 bits per heavy atom. The van der Waals surface area contributed by atoms with Crippen LogP contribution in [0.2, 0.25) is 5.02 Å². The van der Waals surface area contributed by atoms with Gasteiger partial charge in [0.15, 0.2) is 11.5 Å². The summed E-state index contributed by atoms with van der Waals surface area (Å²) in [5.74, 6) is -1.15. The number of benzene rings is 2. The highest BCUT2D eigenvalue weighted by Gasteiger charge is 2.33. The number of alkyl halides is 3. The molecule has 0 saturated heterocycles. The van der Waals surface area contributed by atoms with Crippen LogP contribution >= 0.6 is 11.6 Å². The Hall–Kier alpha value is -2.67. The third-order valence-electron chi connectivity index (χ3n) is 3.23. The molecule has 0 fully saturated rings. The van der Waals surface area contributed by atoms with Crippen molar-refractivity contribution in [2.75, 3.05) is 0 Å². The standard InChI is InChI=1S/C17H13ClF3NO3/c18-13-4-1-11(7-12(13)17(19,20)21)9-22-16(25)6-3-10-2-5-14(23)15(24)8-10/h1-8,23-24H,9H2,(H,22,25). The van der Waals surface area contributed by atoms with Gasteiger partial charge >= 0.3 is 6.18 Å². The Morgan fingerprint density at radius 2 is 1.84 bits per heavy atom. The van der Waals surface area contributed by atoms with Gasteiger partial charge in [0.25, 0.3) is 0 Å². The summed E-state index contributed by atoms with van der Waals surface area (Å²) < 4.78 is 38.3. The van der Waals surface area contributed by atoms with E-state index in [-0.39, 0.29) is 23.6 Å². The SMILES string of the molecule is O=C(C=Cc1ccc(O)c(O)c1)NCc1ccc(Cl)c(C(F)(F)F)c1. The van der Waals surface area contributed by atoms with E-state index in [4.69, 9.17) is 11.6 Å². The lowest BCUT2D eigenvalue weighted by molar-refractivity contribution is -0.137. The average molecular weight is 372 g/mol. The van der Waals surface area contributed by atoms with Crippen LogP contribution in [-0.4, -0.2) is 16.1 Å². The molecule has 0 unspecified atom stereocenters. The molecule has 2 rings (SSSR count). The largest absolute Gasteiger partial charge is 0.504 e. The van der Waals surface area contributed by atoms with E-state index in [0.29, 0.717) is 5.56 Å². The van der Waals surface area contributed by atoms with E-state index in [1.165, 1.54) is 30.3 Å². The fraction of sp³-hybridized carbons (Fsp3) is 0.118. The molecule has 2 aromatic carbocycles. The second kappa shape index (κ2) is 7.48. The molecule has 0 heterocycles. The van der Waals surface area contributed by atoms with Crippen molar-refractivity contribution < 1.29 is 28.2 Å². The highest BCUT2D eigenvalue weighted by molar-refractivity contribution is 6.31. The lowest BCUT2D eigenvalue weighted by Crippen LogP contribution is -2.20. The van der Waals surface area contributed by atoms with E-state index in [9.17, 15) is 28.2 Å². The maximum absolute atomic E-state index is 12.8. The van der Waals surface area contributed by atoms with Crippen LogP contribution in [0.5, 0.6) is 11.5 Å². The highest BCUT2D eigenvalue weighted by atomic mass is 35.5. The number of aromatic hydroxyl groups is 2. The maximum atomic E-state index is 12.8. The predicted molar refractivity (Wildman–Crippen MR) is 87.1 cm³/mol. The van der Waals surface area contributed by atoms with Crippen molar-refractivity contribution >= 4 is 23.6 Å². The quantitative estimate of drug-likeness (QED) is 0.560. The summed E-state index contributed by atoms with van der Waals surface area (Å²) in [6.45, 7) is -0.107. The molecule has 25 heavy (non-hydrogen) atoms. The first-order valence-electron chi connectivity index (χ1n) is 7.00. The predicted octanol–water partition coefficient (Wildman–Crippen LogP) is 4.10. The first kappa shape index (κ1) is 18.7. The smallest absolute Gasteiger partial charge is 0.417 e. The number of hydrogen-bond acceptors (Lipinski definition) is 3. The Kier molecular flexibility index (Phi) is 5.58. The number of amides is 1.